The quantitative estimate of drug-likeness (QED) is 0.757. The Labute approximate surface area is 184 Å². The van der Waals surface area contributed by atoms with E-state index in [9.17, 15) is 9.59 Å². The fourth-order valence-corrected chi connectivity index (χ4v) is 5.84. The van der Waals surface area contributed by atoms with Gasteiger partial charge in [0.05, 0.1) is 28.6 Å². The Bertz CT molecular complexity index is 987. The molecule has 0 radical (unpaired) electrons. The summed E-state index contributed by atoms with van der Waals surface area (Å²) in [4.78, 5) is 34.7. The van der Waals surface area contributed by atoms with Crippen LogP contribution in [0, 0.1) is 6.92 Å². The number of nitrogen functional groups attached to an aromatic ring is 1. The van der Waals surface area contributed by atoms with E-state index < -0.39 is 0 Å². The fourth-order valence-electron chi connectivity index (χ4n) is 4.01. The molecule has 1 aromatic carbocycles. The van der Waals surface area contributed by atoms with Gasteiger partial charge in [-0.05, 0) is 37.5 Å². The molecule has 2 fully saturated rings. The number of amides is 2. The van der Waals surface area contributed by atoms with Crippen LogP contribution in [-0.4, -0.2) is 58.9 Å². The lowest BCUT2D eigenvalue weighted by atomic mass is 10.1. The zero-order valence-corrected chi connectivity index (χ0v) is 19.1. The molecule has 4 rings (SSSR count). The van der Waals surface area contributed by atoms with E-state index in [1.165, 1.54) is 11.3 Å². The van der Waals surface area contributed by atoms with Gasteiger partial charge in [-0.1, -0.05) is 30.0 Å². The van der Waals surface area contributed by atoms with E-state index in [0.717, 1.165) is 27.5 Å². The predicted octanol–water partition coefficient (Wildman–Crippen LogP) is 3.42. The van der Waals surface area contributed by atoms with E-state index in [1.807, 2.05) is 35.8 Å². The van der Waals surface area contributed by atoms with E-state index in [0.29, 0.717) is 42.5 Å². The molecule has 0 unspecified atom stereocenters. The zero-order valence-electron chi connectivity index (χ0n) is 17.4. The maximum Gasteiger partial charge on any atom is 0.257 e. The van der Waals surface area contributed by atoms with Gasteiger partial charge in [-0.25, -0.2) is 4.98 Å². The van der Waals surface area contributed by atoms with Crippen LogP contribution in [0.3, 0.4) is 0 Å². The van der Waals surface area contributed by atoms with Crippen molar-refractivity contribution in [2.24, 2.45) is 0 Å². The van der Waals surface area contributed by atoms with Gasteiger partial charge in [-0.15, -0.1) is 0 Å². The van der Waals surface area contributed by atoms with Crippen LogP contribution in [0.25, 0.3) is 0 Å². The molecular weight excluding hydrogens is 420 g/mol. The van der Waals surface area contributed by atoms with Crippen molar-refractivity contribution in [1.29, 1.82) is 0 Å². The van der Waals surface area contributed by atoms with Gasteiger partial charge < -0.3 is 20.3 Å². The number of carbonyl (C=O) groups is 2. The Morgan fingerprint density at radius 3 is 2.70 bits per heavy atom. The Hall–Kier alpha value is -2.26. The highest BCUT2D eigenvalue weighted by molar-refractivity contribution is 8.01. The molecule has 0 atom stereocenters. The Kier molecular flexibility index (Phi) is 5.67. The first-order valence-corrected chi connectivity index (χ1v) is 11.7. The van der Waals surface area contributed by atoms with Crippen LogP contribution >= 0.6 is 23.1 Å². The lowest BCUT2D eigenvalue weighted by Gasteiger charge is -2.42. The third-order valence-electron chi connectivity index (χ3n) is 5.81. The maximum absolute atomic E-state index is 13.5. The van der Waals surface area contributed by atoms with Crippen molar-refractivity contribution in [2.75, 3.05) is 32.5 Å². The van der Waals surface area contributed by atoms with Crippen molar-refractivity contribution in [3.63, 3.8) is 0 Å². The Morgan fingerprint density at radius 2 is 2.10 bits per heavy atom. The number of piperazine rings is 1. The monoisotopic (exact) mass is 446 g/mol. The van der Waals surface area contributed by atoms with Gasteiger partial charge in [0.15, 0.2) is 5.13 Å². The Morgan fingerprint density at radius 1 is 1.33 bits per heavy atom. The van der Waals surface area contributed by atoms with Gasteiger partial charge in [-0.3, -0.25) is 9.59 Å². The van der Waals surface area contributed by atoms with Crippen LogP contribution in [0.1, 0.15) is 42.1 Å². The first-order valence-electron chi connectivity index (χ1n) is 10.0. The van der Waals surface area contributed by atoms with E-state index in [-0.39, 0.29) is 17.4 Å². The summed E-state index contributed by atoms with van der Waals surface area (Å²) in [7, 11) is 1.59. The minimum atomic E-state index is -0.170. The van der Waals surface area contributed by atoms with Crippen molar-refractivity contribution in [1.82, 2.24) is 14.8 Å². The second kappa shape index (κ2) is 8.11. The summed E-state index contributed by atoms with van der Waals surface area (Å²) in [6, 6.07) is 3.81. The summed E-state index contributed by atoms with van der Waals surface area (Å²) in [6.07, 6.45) is 4.17. The van der Waals surface area contributed by atoms with Gasteiger partial charge in [0, 0.05) is 31.0 Å². The molecule has 30 heavy (non-hydrogen) atoms. The molecule has 160 valence electrons. The number of benzene rings is 1. The smallest absolute Gasteiger partial charge is 0.257 e. The van der Waals surface area contributed by atoms with Crippen LogP contribution in [0.15, 0.2) is 27.4 Å². The molecule has 1 saturated carbocycles. The molecule has 0 bridgehead atoms. The normalized spacial score (nSPS) is 17.3. The van der Waals surface area contributed by atoms with Crippen molar-refractivity contribution in [2.45, 2.75) is 47.8 Å². The molecule has 1 aliphatic carbocycles. The number of ether oxygens (including phenoxy) is 1. The fraction of sp³-hybridized carbons (Fsp3) is 0.476. The van der Waals surface area contributed by atoms with Gasteiger partial charge in [0.2, 0.25) is 5.91 Å². The number of anilines is 1. The van der Waals surface area contributed by atoms with E-state index >= 15 is 0 Å². The molecule has 2 aliphatic rings. The maximum atomic E-state index is 13.5. The zero-order chi connectivity index (χ0) is 21.5. The van der Waals surface area contributed by atoms with Crippen LogP contribution in [0.2, 0.25) is 0 Å². The number of aryl methyl sites for hydroxylation is 1. The van der Waals surface area contributed by atoms with Crippen molar-refractivity contribution in [3.05, 3.63) is 29.5 Å². The number of methoxy groups -OCH3 is 1. The summed E-state index contributed by atoms with van der Waals surface area (Å²) in [5.74, 6) is 0.699. The number of aromatic nitrogens is 1. The molecule has 1 aliphatic heterocycles. The molecule has 2 heterocycles. The van der Waals surface area contributed by atoms with Crippen LogP contribution < -0.4 is 10.5 Å². The van der Waals surface area contributed by atoms with Crippen molar-refractivity contribution in [3.8, 4) is 5.75 Å². The molecule has 7 nitrogen and oxygen atoms in total. The highest BCUT2D eigenvalue weighted by atomic mass is 32.2. The second-order valence-electron chi connectivity index (χ2n) is 7.79. The molecule has 2 N–H and O–H groups in total. The summed E-state index contributed by atoms with van der Waals surface area (Å²) in [6.45, 7) is 5.61. The topological polar surface area (TPSA) is 88.8 Å². The SMILES string of the molecule is CCC(=O)N1CCN(C(=O)c2cc(Sc3cnc(N)s3)c(C)cc2OC)CC12CC2. The lowest BCUT2D eigenvalue weighted by Crippen LogP contribution is -2.58. The molecule has 1 aromatic heterocycles. The summed E-state index contributed by atoms with van der Waals surface area (Å²) in [5.41, 5.74) is 7.16. The molecule has 2 amide bonds. The predicted molar refractivity (Wildman–Crippen MR) is 118 cm³/mol. The number of nitrogens with zero attached hydrogens (tertiary/aromatic N) is 3. The summed E-state index contributed by atoms with van der Waals surface area (Å²) >= 11 is 2.97. The standard InChI is InChI=1S/C21H26N4O3S2/c1-4-17(26)25-8-7-24(12-21(25)5-6-21)19(27)14-10-16(13(2)9-15(14)28-3)29-18-11-23-20(22)30-18/h9-11H,4-8,12H2,1-3H3,(H2,22,23). The van der Waals surface area contributed by atoms with E-state index in [4.69, 9.17) is 10.5 Å². The third-order valence-corrected chi connectivity index (χ3v) is 7.90. The van der Waals surface area contributed by atoms with Gasteiger partial charge in [0.25, 0.3) is 5.91 Å². The molecule has 1 spiro atoms. The van der Waals surface area contributed by atoms with Crippen LogP contribution in [0.4, 0.5) is 5.13 Å². The minimum Gasteiger partial charge on any atom is -0.496 e. The molecular formula is C21H26N4O3S2. The van der Waals surface area contributed by atoms with Crippen molar-refractivity contribution >= 4 is 40.0 Å². The number of nitrogens with two attached hydrogens (primary N) is 1. The highest BCUT2D eigenvalue weighted by Crippen LogP contribution is 2.45. The van der Waals surface area contributed by atoms with E-state index in [1.54, 1.807) is 25.1 Å². The molecule has 9 heteroatoms. The largest absolute Gasteiger partial charge is 0.496 e. The van der Waals surface area contributed by atoms with Gasteiger partial charge >= 0.3 is 0 Å². The first kappa shape index (κ1) is 21.0. The summed E-state index contributed by atoms with van der Waals surface area (Å²) in [5, 5.41) is 0.522. The number of thiazole rings is 1. The van der Waals surface area contributed by atoms with E-state index in [2.05, 4.69) is 4.98 Å². The number of hydrogen-bond acceptors (Lipinski definition) is 7. The average molecular weight is 447 g/mol. The van der Waals surface area contributed by atoms with Crippen LogP contribution in [-0.2, 0) is 4.79 Å². The lowest BCUT2D eigenvalue weighted by molar-refractivity contribution is -0.136. The first-order chi connectivity index (χ1) is 14.4. The van der Waals surface area contributed by atoms with Gasteiger partial charge in [-0.2, -0.15) is 0 Å². The van der Waals surface area contributed by atoms with Crippen molar-refractivity contribution < 1.29 is 14.3 Å². The van der Waals surface area contributed by atoms with Crippen LogP contribution in [0.5, 0.6) is 5.75 Å². The van der Waals surface area contributed by atoms with Gasteiger partial charge in [0.1, 0.15) is 5.75 Å². The highest BCUT2D eigenvalue weighted by Gasteiger charge is 2.53. The minimum absolute atomic E-state index is 0.0487. The number of rotatable bonds is 5. The number of carbonyl (C=O) groups excluding carboxylic acids is 2. The number of hydrogen-bond donors (Lipinski definition) is 1. The average Bonchev–Trinajstić information content (AvgIpc) is 3.38. The third kappa shape index (κ3) is 3.88. The summed E-state index contributed by atoms with van der Waals surface area (Å²) < 4.78 is 6.52. The second-order valence-corrected chi connectivity index (χ2v) is 10.2. The molecule has 2 aromatic rings. The molecule has 1 saturated heterocycles. The Balaban J connectivity index is 1.59.